The predicted octanol–water partition coefficient (Wildman–Crippen LogP) is -0.842. The van der Waals surface area contributed by atoms with Gasteiger partial charge >= 0.3 is 0 Å². The van der Waals surface area contributed by atoms with Gasteiger partial charge in [-0.1, -0.05) is 58.3 Å². The van der Waals surface area contributed by atoms with Gasteiger partial charge in [0.25, 0.3) is 0 Å². The SMILES string of the molecule is CCCCCCCCCCCO[C@H]1OC(CO)[C@@H](O[C@H]2OC(CO)[C@@H](O)[C@H](O)C2O)[C@H](O)C1O. The van der Waals surface area contributed by atoms with E-state index < -0.39 is 74.6 Å². The highest BCUT2D eigenvalue weighted by Gasteiger charge is 2.50. The summed E-state index contributed by atoms with van der Waals surface area (Å²) in [7, 11) is 0. The van der Waals surface area contributed by atoms with Crippen molar-refractivity contribution in [1.29, 1.82) is 0 Å². The summed E-state index contributed by atoms with van der Waals surface area (Å²) in [6.45, 7) is 1.29. The summed E-state index contributed by atoms with van der Waals surface area (Å²) in [5.74, 6) is 0. The molecular formula is C23H44O11. The Hall–Kier alpha value is -0.440. The van der Waals surface area contributed by atoms with E-state index in [4.69, 9.17) is 18.9 Å². The molecule has 2 fully saturated rings. The molecule has 0 radical (unpaired) electrons. The van der Waals surface area contributed by atoms with Crippen LogP contribution in [0, 0.1) is 0 Å². The first kappa shape index (κ1) is 29.8. The molecule has 0 saturated carbocycles. The molecule has 0 bridgehead atoms. The fraction of sp³-hybridized carbons (Fsp3) is 1.00. The zero-order chi connectivity index (χ0) is 25.1. The highest BCUT2D eigenvalue weighted by Crippen LogP contribution is 2.29. The normalized spacial score (nSPS) is 38.8. The van der Waals surface area contributed by atoms with E-state index in [9.17, 15) is 35.7 Å². The van der Waals surface area contributed by atoms with Crippen molar-refractivity contribution in [3.8, 4) is 0 Å². The van der Waals surface area contributed by atoms with Gasteiger partial charge in [0.2, 0.25) is 0 Å². The third-order valence-corrected chi connectivity index (χ3v) is 6.49. The van der Waals surface area contributed by atoms with Gasteiger partial charge in [-0.25, -0.2) is 0 Å². The first-order valence-electron chi connectivity index (χ1n) is 12.6. The Labute approximate surface area is 201 Å². The van der Waals surface area contributed by atoms with Crippen LogP contribution in [0.2, 0.25) is 0 Å². The van der Waals surface area contributed by atoms with Gasteiger partial charge in [-0.3, -0.25) is 0 Å². The van der Waals surface area contributed by atoms with Gasteiger partial charge in [-0.15, -0.1) is 0 Å². The third kappa shape index (κ3) is 8.31. The second kappa shape index (κ2) is 15.6. The van der Waals surface area contributed by atoms with E-state index in [-0.39, 0.29) is 0 Å². The lowest BCUT2D eigenvalue weighted by Crippen LogP contribution is -2.64. The standard InChI is InChI=1S/C23H44O11/c1-2-3-4-5-6-7-8-9-10-11-31-22-20(30)18(28)21(15(13-25)33-22)34-23-19(29)17(27)16(26)14(12-24)32-23/h14-30H,2-13H2,1H3/t14?,15?,16-,17+,18-,19?,20?,21-,22+,23-/m1/s1. The molecule has 202 valence electrons. The Morgan fingerprint density at radius 3 is 1.71 bits per heavy atom. The largest absolute Gasteiger partial charge is 0.394 e. The summed E-state index contributed by atoms with van der Waals surface area (Å²) in [5, 5.41) is 70.0. The molecule has 0 spiro atoms. The number of hydrogen-bond acceptors (Lipinski definition) is 11. The molecule has 0 aromatic carbocycles. The molecular weight excluding hydrogens is 452 g/mol. The number of ether oxygens (including phenoxy) is 4. The van der Waals surface area contributed by atoms with E-state index in [1.165, 1.54) is 38.5 Å². The minimum absolute atomic E-state index is 0.320. The van der Waals surface area contributed by atoms with Crippen LogP contribution >= 0.6 is 0 Å². The maximum absolute atomic E-state index is 10.6. The summed E-state index contributed by atoms with van der Waals surface area (Å²) >= 11 is 0. The zero-order valence-electron chi connectivity index (χ0n) is 20.0. The van der Waals surface area contributed by atoms with Crippen molar-refractivity contribution in [2.24, 2.45) is 0 Å². The van der Waals surface area contributed by atoms with Crippen LogP contribution in [0.25, 0.3) is 0 Å². The van der Waals surface area contributed by atoms with Gasteiger partial charge in [-0.2, -0.15) is 0 Å². The number of hydrogen-bond donors (Lipinski definition) is 7. The monoisotopic (exact) mass is 496 g/mol. The molecule has 2 saturated heterocycles. The fourth-order valence-corrected chi connectivity index (χ4v) is 4.31. The average molecular weight is 497 g/mol. The van der Waals surface area contributed by atoms with Crippen molar-refractivity contribution in [2.75, 3.05) is 19.8 Å². The van der Waals surface area contributed by atoms with Crippen LogP contribution in [0.5, 0.6) is 0 Å². The molecule has 0 aliphatic carbocycles. The zero-order valence-corrected chi connectivity index (χ0v) is 20.0. The van der Waals surface area contributed by atoms with Crippen LogP contribution in [-0.2, 0) is 18.9 Å². The number of rotatable bonds is 15. The van der Waals surface area contributed by atoms with Gasteiger partial charge in [0, 0.05) is 6.61 Å². The van der Waals surface area contributed by atoms with Crippen molar-refractivity contribution in [3.63, 3.8) is 0 Å². The van der Waals surface area contributed by atoms with Gasteiger partial charge < -0.3 is 54.7 Å². The summed E-state index contributed by atoms with van der Waals surface area (Å²) in [6.07, 6.45) is -3.99. The molecule has 0 aromatic heterocycles. The van der Waals surface area contributed by atoms with Gasteiger partial charge in [0.15, 0.2) is 12.6 Å². The van der Waals surface area contributed by atoms with Gasteiger partial charge in [0.05, 0.1) is 13.2 Å². The summed E-state index contributed by atoms with van der Waals surface area (Å²) in [4.78, 5) is 0. The van der Waals surface area contributed by atoms with Crippen molar-refractivity contribution in [1.82, 2.24) is 0 Å². The summed E-state index contributed by atoms with van der Waals surface area (Å²) < 4.78 is 22.0. The first-order valence-corrected chi connectivity index (χ1v) is 12.6. The van der Waals surface area contributed by atoms with Crippen molar-refractivity contribution < 1.29 is 54.7 Å². The molecule has 34 heavy (non-hydrogen) atoms. The number of unbranched alkanes of at least 4 members (excludes halogenated alkanes) is 8. The molecule has 10 atom stereocenters. The van der Waals surface area contributed by atoms with Crippen LogP contribution in [-0.4, -0.2) is 117 Å². The maximum Gasteiger partial charge on any atom is 0.187 e. The maximum atomic E-state index is 10.6. The molecule has 11 nitrogen and oxygen atoms in total. The Morgan fingerprint density at radius 2 is 1.12 bits per heavy atom. The lowest BCUT2D eigenvalue weighted by molar-refractivity contribution is -0.359. The van der Waals surface area contributed by atoms with Crippen molar-refractivity contribution in [3.05, 3.63) is 0 Å². The minimum Gasteiger partial charge on any atom is -0.394 e. The third-order valence-electron chi connectivity index (χ3n) is 6.49. The van der Waals surface area contributed by atoms with E-state index in [1.54, 1.807) is 0 Å². The van der Waals surface area contributed by atoms with Crippen LogP contribution in [0.15, 0.2) is 0 Å². The highest BCUT2D eigenvalue weighted by molar-refractivity contribution is 4.94. The fourth-order valence-electron chi connectivity index (χ4n) is 4.31. The summed E-state index contributed by atoms with van der Waals surface area (Å²) in [6, 6.07) is 0. The average Bonchev–Trinajstić information content (AvgIpc) is 2.84. The first-order chi connectivity index (χ1) is 16.3. The number of aliphatic hydroxyl groups excluding tert-OH is 7. The smallest absolute Gasteiger partial charge is 0.187 e. The Morgan fingerprint density at radius 1 is 0.588 bits per heavy atom. The topological polar surface area (TPSA) is 179 Å². The molecule has 7 N–H and O–H groups in total. The van der Waals surface area contributed by atoms with E-state index in [1.807, 2.05) is 0 Å². The van der Waals surface area contributed by atoms with E-state index in [2.05, 4.69) is 6.92 Å². The van der Waals surface area contributed by atoms with Crippen LogP contribution < -0.4 is 0 Å². The molecule has 2 aliphatic rings. The van der Waals surface area contributed by atoms with Crippen molar-refractivity contribution in [2.45, 2.75) is 126 Å². The van der Waals surface area contributed by atoms with Gasteiger partial charge in [0.1, 0.15) is 48.8 Å². The Kier molecular flexibility index (Phi) is 13.7. The van der Waals surface area contributed by atoms with Gasteiger partial charge in [-0.05, 0) is 6.42 Å². The van der Waals surface area contributed by atoms with Crippen molar-refractivity contribution >= 4 is 0 Å². The molecule has 4 unspecified atom stereocenters. The van der Waals surface area contributed by atoms with Crippen LogP contribution in [0.4, 0.5) is 0 Å². The highest BCUT2D eigenvalue weighted by atomic mass is 16.7. The summed E-state index contributed by atoms with van der Waals surface area (Å²) in [5.41, 5.74) is 0. The number of aliphatic hydroxyl groups is 7. The molecule has 0 aromatic rings. The molecule has 0 amide bonds. The lowest BCUT2D eigenvalue weighted by atomic mass is 9.97. The second-order valence-corrected chi connectivity index (χ2v) is 9.20. The van der Waals surface area contributed by atoms with Crippen LogP contribution in [0.3, 0.4) is 0 Å². The second-order valence-electron chi connectivity index (χ2n) is 9.20. The molecule has 2 heterocycles. The minimum atomic E-state index is -1.69. The molecule has 2 aliphatic heterocycles. The Balaban J connectivity index is 1.78. The van der Waals surface area contributed by atoms with E-state index >= 15 is 0 Å². The quantitative estimate of drug-likeness (QED) is 0.141. The van der Waals surface area contributed by atoms with Crippen LogP contribution in [0.1, 0.15) is 64.7 Å². The molecule has 2 rings (SSSR count). The lowest BCUT2D eigenvalue weighted by Gasteiger charge is -2.45. The Bertz CT molecular complexity index is 535. The predicted molar refractivity (Wildman–Crippen MR) is 120 cm³/mol. The van der Waals surface area contributed by atoms with E-state index in [0.29, 0.717) is 6.61 Å². The van der Waals surface area contributed by atoms with E-state index in [0.717, 1.165) is 19.3 Å². The molecule has 11 heteroatoms.